The molecule has 1 aromatic heterocycles. The molecular weight excluding hydrogens is 322 g/mol. The first-order chi connectivity index (χ1) is 11.8. The van der Waals surface area contributed by atoms with Crippen LogP contribution in [0.4, 0.5) is 10.5 Å². The molecule has 0 spiro atoms. The number of carbonyl (C=O) groups is 1. The number of urea groups is 1. The summed E-state index contributed by atoms with van der Waals surface area (Å²) in [6, 6.07) is 16.8. The Hall–Kier alpha value is -2.86. The number of benzene rings is 2. The first kappa shape index (κ1) is 16.0. The minimum absolute atomic E-state index is 0.254. The Morgan fingerprint density at radius 3 is 2.79 bits per heavy atom. The van der Waals surface area contributed by atoms with Gasteiger partial charge in [0.05, 0.1) is 11.2 Å². The van der Waals surface area contributed by atoms with Crippen LogP contribution in [0.5, 0.6) is 5.75 Å². The number of hydrogen-bond acceptors (Lipinski definition) is 4. The van der Waals surface area contributed by atoms with Gasteiger partial charge in [0, 0.05) is 23.7 Å². The number of hydrogen-bond donors (Lipinski definition) is 2. The second-order valence-electron chi connectivity index (χ2n) is 5.09. The Morgan fingerprint density at radius 1 is 1.12 bits per heavy atom. The van der Waals surface area contributed by atoms with E-state index in [1.54, 1.807) is 11.6 Å². The summed E-state index contributed by atoms with van der Waals surface area (Å²) in [4.78, 5) is 16.1. The molecule has 0 bridgehead atoms. The lowest BCUT2D eigenvalue weighted by atomic mass is 10.2. The number of ether oxygens (including phenoxy) is 1. The van der Waals surface area contributed by atoms with Crippen LogP contribution in [-0.2, 0) is 13.2 Å². The van der Waals surface area contributed by atoms with Gasteiger partial charge < -0.3 is 15.4 Å². The number of rotatable bonds is 6. The Morgan fingerprint density at radius 2 is 2.00 bits per heavy atom. The lowest BCUT2D eigenvalue weighted by Crippen LogP contribution is -2.28. The number of nitrogens with zero attached hydrogens (tertiary/aromatic N) is 1. The van der Waals surface area contributed by atoms with Crippen molar-refractivity contribution in [3.63, 3.8) is 0 Å². The first-order valence-electron chi connectivity index (χ1n) is 7.48. The lowest BCUT2D eigenvalue weighted by molar-refractivity contribution is 0.251. The van der Waals surface area contributed by atoms with Gasteiger partial charge in [-0.15, -0.1) is 11.3 Å². The Bertz CT molecular complexity index is 776. The molecule has 0 aliphatic carbocycles. The van der Waals surface area contributed by atoms with Crippen LogP contribution in [-0.4, -0.2) is 11.0 Å². The maximum absolute atomic E-state index is 12.0. The molecule has 3 rings (SSSR count). The van der Waals surface area contributed by atoms with Crippen LogP contribution >= 0.6 is 11.3 Å². The largest absolute Gasteiger partial charge is 0.487 e. The molecule has 2 N–H and O–H groups in total. The lowest BCUT2D eigenvalue weighted by Gasteiger charge is -2.10. The number of amides is 2. The maximum atomic E-state index is 12.0. The van der Waals surface area contributed by atoms with Gasteiger partial charge in [0.15, 0.2) is 0 Å². The Labute approximate surface area is 144 Å². The van der Waals surface area contributed by atoms with E-state index in [1.165, 1.54) is 11.3 Å². The summed E-state index contributed by atoms with van der Waals surface area (Å²) in [5.41, 5.74) is 4.39. The predicted molar refractivity (Wildman–Crippen MR) is 95.2 cm³/mol. The molecule has 0 atom stereocenters. The SMILES string of the molecule is O=C(NCc1ccccc1)Nc1cccc(OCc2cscn2)c1. The molecule has 5 nitrogen and oxygen atoms in total. The standard InChI is InChI=1S/C18H17N3O2S/c22-18(19-10-14-5-2-1-3-6-14)21-15-7-4-8-17(9-15)23-11-16-12-24-13-20-16/h1-9,12-13H,10-11H2,(H2,19,21,22). The monoisotopic (exact) mass is 339 g/mol. The number of anilines is 1. The normalized spacial score (nSPS) is 10.2. The third kappa shape index (κ3) is 4.82. The van der Waals surface area contributed by atoms with Gasteiger partial charge in [-0.05, 0) is 17.7 Å². The highest BCUT2D eigenvalue weighted by atomic mass is 32.1. The molecule has 0 saturated heterocycles. The molecule has 3 aromatic rings. The second kappa shape index (κ2) is 8.12. The van der Waals surface area contributed by atoms with Gasteiger partial charge in [-0.2, -0.15) is 0 Å². The van der Waals surface area contributed by atoms with Crippen LogP contribution in [0.3, 0.4) is 0 Å². The molecule has 0 aliphatic heterocycles. The minimum atomic E-state index is -0.254. The number of carbonyl (C=O) groups excluding carboxylic acids is 1. The molecular formula is C18H17N3O2S. The van der Waals surface area contributed by atoms with Gasteiger partial charge in [0.1, 0.15) is 12.4 Å². The third-order valence-electron chi connectivity index (χ3n) is 3.26. The zero-order valence-corrected chi connectivity index (χ0v) is 13.8. The van der Waals surface area contributed by atoms with Gasteiger partial charge >= 0.3 is 6.03 Å². The van der Waals surface area contributed by atoms with Crippen LogP contribution < -0.4 is 15.4 Å². The van der Waals surface area contributed by atoms with E-state index in [-0.39, 0.29) is 6.03 Å². The molecule has 2 aromatic carbocycles. The maximum Gasteiger partial charge on any atom is 0.319 e. The molecule has 6 heteroatoms. The van der Waals surface area contributed by atoms with Gasteiger partial charge in [-0.3, -0.25) is 0 Å². The summed E-state index contributed by atoms with van der Waals surface area (Å²) >= 11 is 1.53. The summed E-state index contributed by atoms with van der Waals surface area (Å²) in [5, 5.41) is 7.57. The van der Waals surface area contributed by atoms with Crippen LogP contribution in [0.1, 0.15) is 11.3 Å². The Kier molecular flexibility index (Phi) is 5.42. The molecule has 0 aliphatic rings. The van der Waals surface area contributed by atoms with Crippen molar-refractivity contribution in [2.45, 2.75) is 13.2 Å². The second-order valence-corrected chi connectivity index (χ2v) is 5.81. The van der Waals surface area contributed by atoms with E-state index in [2.05, 4.69) is 15.6 Å². The van der Waals surface area contributed by atoms with E-state index in [1.807, 2.05) is 53.9 Å². The predicted octanol–water partition coefficient (Wildman–Crippen LogP) is 4.04. The molecule has 122 valence electrons. The fourth-order valence-electron chi connectivity index (χ4n) is 2.08. The van der Waals surface area contributed by atoms with Crippen molar-refractivity contribution in [1.82, 2.24) is 10.3 Å². The highest BCUT2D eigenvalue weighted by Gasteiger charge is 2.04. The summed E-state index contributed by atoms with van der Waals surface area (Å²) in [5.74, 6) is 0.684. The number of aromatic nitrogens is 1. The highest BCUT2D eigenvalue weighted by Crippen LogP contribution is 2.18. The van der Waals surface area contributed by atoms with Gasteiger partial charge in [-0.1, -0.05) is 36.4 Å². The summed E-state index contributed by atoms with van der Waals surface area (Å²) in [7, 11) is 0. The molecule has 24 heavy (non-hydrogen) atoms. The van der Waals surface area contributed by atoms with E-state index >= 15 is 0 Å². The fraction of sp³-hybridized carbons (Fsp3) is 0.111. The van der Waals surface area contributed by atoms with Crippen molar-refractivity contribution < 1.29 is 9.53 Å². The molecule has 1 heterocycles. The van der Waals surface area contributed by atoms with Crippen molar-refractivity contribution >= 4 is 23.1 Å². The quantitative estimate of drug-likeness (QED) is 0.712. The number of nitrogens with one attached hydrogen (secondary N) is 2. The van der Waals surface area contributed by atoms with Crippen molar-refractivity contribution in [1.29, 1.82) is 0 Å². The molecule has 0 fully saturated rings. The third-order valence-corrected chi connectivity index (χ3v) is 3.89. The minimum Gasteiger partial charge on any atom is -0.487 e. The van der Waals surface area contributed by atoms with Crippen LogP contribution in [0, 0.1) is 0 Å². The van der Waals surface area contributed by atoms with Crippen molar-refractivity contribution in [2.75, 3.05) is 5.32 Å². The van der Waals surface area contributed by atoms with Crippen LogP contribution in [0.15, 0.2) is 65.5 Å². The molecule has 0 saturated carbocycles. The fourth-order valence-corrected chi connectivity index (χ4v) is 2.63. The zero-order valence-electron chi connectivity index (χ0n) is 12.9. The summed E-state index contributed by atoms with van der Waals surface area (Å²) in [6.07, 6.45) is 0. The topological polar surface area (TPSA) is 63.2 Å². The average Bonchev–Trinajstić information content (AvgIpc) is 3.13. The van der Waals surface area contributed by atoms with Crippen molar-refractivity contribution in [2.24, 2.45) is 0 Å². The smallest absolute Gasteiger partial charge is 0.319 e. The van der Waals surface area contributed by atoms with E-state index < -0.39 is 0 Å². The van der Waals surface area contributed by atoms with Gasteiger partial charge in [0.2, 0.25) is 0 Å². The molecule has 0 radical (unpaired) electrons. The van der Waals surface area contributed by atoms with Crippen LogP contribution in [0.2, 0.25) is 0 Å². The first-order valence-corrected chi connectivity index (χ1v) is 8.42. The highest BCUT2D eigenvalue weighted by molar-refractivity contribution is 7.07. The molecule has 0 unspecified atom stereocenters. The summed E-state index contributed by atoms with van der Waals surface area (Å²) in [6.45, 7) is 0.889. The van der Waals surface area contributed by atoms with E-state index in [9.17, 15) is 4.79 Å². The van der Waals surface area contributed by atoms with E-state index in [0.717, 1.165) is 11.3 Å². The van der Waals surface area contributed by atoms with Gasteiger partial charge in [-0.25, -0.2) is 9.78 Å². The summed E-state index contributed by atoms with van der Waals surface area (Å²) < 4.78 is 5.67. The van der Waals surface area contributed by atoms with Crippen LogP contribution in [0.25, 0.3) is 0 Å². The van der Waals surface area contributed by atoms with Crippen molar-refractivity contribution in [3.05, 3.63) is 76.7 Å². The van der Waals surface area contributed by atoms with E-state index in [4.69, 9.17) is 4.74 Å². The molecule has 2 amide bonds. The zero-order chi connectivity index (χ0) is 16.6. The average molecular weight is 339 g/mol. The number of thiazole rings is 1. The van der Waals surface area contributed by atoms with E-state index in [0.29, 0.717) is 24.6 Å². The van der Waals surface area contributed by atoms with Crippen molar-refractivity contribution in [3.8, 4) is 5.75 Å². The van der Waals surface area contributed by atoms with Gasteiger partial charge in [0.25, 0.3) is 0 Å². The Balaban J connectivity index is 1.51.